The van der Waals surface area contributed by atoms with Crippen molar-refractivity contribution in [2.24, 2.45) is 0 Å². The van der Waals surface area contributed by atoms with Crippen molar-refractivity contribution in [3.63, 3.8) is 0 Å². The lowest BCUT2D eigenvalue weighted by Crippen LogP contribution is -2.26. The molecule has 0 aliphatic carbocycles. The van der Waals surface area contributed by atoms with E-state index in [1.54, 1.807) is 6.20 Å². The molecular weight excluding hydrogens is 392 g/mol. The van der Waals surface area contributed by atoms with Crippen LogP contribution < -0.4 is 5.32 Å². The smallest absolute Gasteiger partial charge is 0.349 e. The van der Waals surface area contributed by atoms with Crippen LogP contribution in [-0.4, -0.2) is 53.0 Å². The molecule has 1 N–H and O–H groups in total. The molecule has 1 aliphatic heterocycles. The van der Waals surface area contributed by atoms with Crippen LogP contribution in [0.25, 0.3) is 0 Å². The summed E-state index contributed by atoms with van der Waals surface area (Å²) in [6.07, 6.45) is 5.24. The summed E-state index contributed by atoms with van der Waals surface area (Å²) >= 11 is 1.33. The lowest BCUT2D eigenvalue weighted by molar-refractivity contribution is 0.0500. The van der Waals surface area contributed by atoms with E-state index in [1.807, 2.05) is 18.5 Å². The Morgan fingerprint density at radius 2 is 2.21 bits per heavy atom. The second-order valence-electron chi connectivity index (χ2n) is 6.90. The summed E-state index contributed by atoms with van der Waals surface area (Å²) in [5.74, 6) is -0.405. The first-order chi connectivity index (χ1) is 14.1. The Hall–Kier alpha value is -2.26. The number of hydrogen-bond acceptors (Lipinski definition) is 7. The molecule has 1 amide bonds. The van der Waals surface area contributed by atoms with E-state index in [1.165, 1.54) is 11.3 Å². The highest BCUT2D eigenvalue weighted by Gasteiger charge is 2.23. The molecule has 8 nitrogen and oxygen atoms in total. The van der Waals surface area contributed by atoms with Gasteiger partial charge in [-0.05, 0) is 32.6 Å². The molecule has 0 atom stereocenters. The summed E-state index contributed by atoms with van der Waals surface area (Å²) in [4.78, 5) is 29.4. The Bertz CT molecular complexity index is 846. The highest BCUT2D eigenvalue weighted by molar-refractivity contribution is 7.13. The summed E-state index contributed by atoms with van der Waals surface area (Å²) in [6.45, 7) is 6.67. The van der Waals surface area contributed by atoms with Crippen LogP contribution in [0.15, 0.2) is 6.20 Å². The SMILES string of the molecule is CCc1nn(CCCOC(=O)c2cnc(C)s2)c2c1C(=O)NCCCOCCC2. The standard InChI is InChI=1S/C20H28N4O4S/c1-3-15-18-16(7-4-10-27-11-5-8-21-19(18)25)24(23-15)9-6-12-28-20(26)17-13-22-14(2)29-17/h13H,3-12H2,1-2H3,(H,21,25). The van der Waals surface area contributed by atoms with Crippen LogP contribution in [0, 0.1) is 6.92 Å². The Balaban J connectivity index is 1.65. The lowest BCUT2D eigenvalue weighted by Gasteiger charge is -2.10. The Morgan fingerprint density at radius 3 is 2.97 bits per heavy atom. The van der Waals surface area contributed by atoms with Crippen molar-refractivity contribution in [2.45, 2.75) is 52.5 Å². The number of aryl methyl sites for hydroxylation is 3. The van der Waals surface area contributed by atoms with Crippen molar-refractivity contribution in [1.29, 1.82) is 0 Å². The summed E-state index contributed by atoms with van der Waals surface area (Å²) in [6, 6.07) is 0. The molecule has 0 saturated heterocycles. The maximum Gasteiger partial charge on any atom is 0.349 e. The van der Waals surface area contributed by atoms with Gasteiger partial charge in [0, 0.05) is 32.7 Å². The number of fused-ring (bicyclic) bond motifs is 1. The molecule has 2 aromatic heterocycles. The van der Waals surface area contributed by atoms with Crippen molar-refractivity contribution in [3.05, 3.63) is 33.0 Å². The van der Waals surface area contributed by atoms with Crippen LogP contribution in [0.2, 0.25) is 0 Å². The minimum atomic E-state index is -0.346. The monoisotopic (exact) mass is 420 g/mol. The van der Waals surface area contributed by atoms with Gasteiger partial charge in [-0.2, -0.15) is 5.10 Å². The van der Waals surface area contributed by atoms with Gasteiger partial charge in [0.05, 0.1) is 34.8 Å². The highest BCUT2D eigenvalue weighted by atomic mass is 32.1. The van der Waals surface area contributed by atoms with Crippen molar-refractivity contribution in [2.75, 3.05) is 26.4 Å². The molecule has 0 fully saturated rings. The third-order valence-electron chi connectivity index (χ3n) is 4.72. The largest absolute Gasteiger partial charge is 0.461 e. The minimum Gasteiger partial charge on any atom is -0.461 e. The average molecular weight is 421 g/mol. The molecule has 0 aromatic carbocycles. The Morgan fingerprint density at radius 1 is 1.38 bits per heavy atom. The van der Waals surface area contributed by atoms with Crippen LogP contribution in [0.1, 0.15) is 62.6 Å². The first-order valence-corrected chi connectivity index (χ1v) is 11.0. The molecule has 0 saturated carbocycles. The zero-order valence-corrected chi connectivity index (χ0v) is 17.8. The van der Waals surface area contributed by atoms with Crippen molar-refractivity contribution in [3.8, 4) is 0 Å². The van der Waals surface area contributed by atoms with Gasteiger partial charge in [0.1, 0.15) is 4.88 Å². The van der Waals surface area contributed by atoms with Crippen molar-refractivity contribution in [1.82, 2.24) is 20.1 Å². The maximum atomic E-state index is 12.7. The van der Waals surface area contributed by atoms with Gasteiger partial charge < -0.3 is 14.8 Å². The van der Waals surface area contributed by atoms with E-state index in [0.29, 0.717) is 56.2 Å². The van der Waals surface area contributed by atoms with Crippen molar-refractivity contribution >= 4 is 23.2 Å². The van der Waals surface area contributed by atoms with Crippen LogP contribution in [0.3, 0.4) is 0 Å². The molecule has 9 heteroatoms. The Labute approximate surface area is 174 Å². The van der Waals surface area contributed by atoms with Gasteiger partial charge in [-0.1, -0.05) is 6.92 Å². The summed E-state index contributed by atoms with van der Waals surface area (Å²) in [5.41, 5.74) is 2.45. The minimum absolute atomic E-state index is 0.0583. The normalized spacial score (nSPS) is 15.3. The Kier molecular flexibility index (Phi) is 7.76. The number of carbonyl (C=O) groups is 2. The number of rotatable bonds is 6. The molecule has 3 heterocycles. The van der Waals surface area contributed by atoms with E-state index >= 15 is 0 Å². The fraction of sp³-hybridized carbons (Fsp3) is 0.600. The molecule has 2 aromatic rings. The fourth-order valence-corrected chi connectivity index (χ4v) is 3.99. The number of aromatic nitrogens is 3. The third-order valence-corrected chi connectivity index (χ3v) is 5.61. The van der Waals surface area contributed by atoms with Gasteiger partial charge in [0.2, 0.25) is 0 Å². The van der Waals surface area contributed by atoms with Crippen LogP contribution >= 0.6 is 11.3 Å². The van der Waals surface area contributed by atoms with Gasteiger partial charge in [-0.25, -0.2) is 9.78 Å². The van der Waals surface area contributed by atoms with E-state index in [2.05, 4.69) is 15.4 Å². The van der Waals surface area contributed by atoms with E-state index in [0.717, 1.165) is 35.7 Å². The van der Waals surface area contributed by atoms with Crippen LogP contribution in [0.4, 0.5) is 0 Å². The average Bonchev–Trinajstić information content (AvgIpc) is 3.29. The second-order valence-corrected chi connectivity index (χ2v) is 8.14. The summed E-state index contributed by atoms with van der Waals surface area (Å²) < 4.78 is 12.9. The van der Waals surface area contributed by atoms with E-state index in [-0.39, 0.29) is 11.9 Å². The predicted molar refractivity (Wildman–Crippen MR) is 109 cm³/mol. The fourth-order valence-electron chi connectivity index (χ4n) is 3.31. The number of esters is 1. The molecule has 158 valence electrons. The summed E-state index contributed by atoms with van der Waals surface area (Å²) in [7, 11) is 0. The molecule has 0 bridgehead atoms. The van der Waals surface area contributed by atoms with Gasteiger partial charge in [0.15, 0.2) is 0 Å². The topological polar surface area (TPSA) is 95.3 Å². The summed E-state index contributed by atoms with van der Waals surface area (Å²) in [5, 5.41) is 8.49. The van der Waals surface area contributed by atoms with E-state index in [4.69, 9.17) is 9.47 Å². The molecule has 3 rings (SSSR count). The third kappa shape index (κ3) is 5.63. The molecule has 0 unspecified atom stereocenters. The number of nitrogens with zero attached hydrogens (tertiary/aromatic N) is 3. The number of ether oxygens (including phenoxy) is 2. The highest BCUT2D eigenvalue weighted by Crippen LogP contribution is 2.19. The van der Waals surface area contributed by atoms with Crippen LogP contribution in [-0.2, 0) is 28.9 Å². The van der Waals surface area contributed by atoms with Gasteiger partial charge in [-0.3, -0.25) is 9.48 Å². The van der Waals surface area contributed by atoms with Gasteiger partial charge >= 0.3 is 5.97 Å². The van der Waals surface area contributed by atoms with Gasteiger partial charge in [-0.15, -0.1) is 11.3 Å². The number of hydrogen-bond donors (Lipinski definition) is 1. The first-order valence-electron chi connectivity index (χ1n) is 10.1. The maximum absolute atomic E-state index is 12.7. The second kappa shape index (κ2) is 10.5. The number of carbonyl (C=O) groups excluding carboxylic acids is 2. The molecular formula is C20H28N4O4S. The first kappa shape index (κ1) is 21.4. The van der Waals surface area contributed by atoms with Crippen molar-refractivity contribution < 1.29 is 19.1 Å². The molecule has 1 aliphatic rings. The predicted octanol–water partition coefficient (Wildman–Crippen LogP) is 2.54. The number of amides is 1. The number of nitrogens with one attached hydrogen (secondary N) is 1. The zero-order chi connectivity index (χ0) is 20.6. The number of thiazole rings is 1. The van der Waals surface area contributed by atoms with E-state index in [9.17, 15) is 9.59 Å². The molecule has 0 radical (unpaired) electrons. The quantitative estimate of drug-likeness (QED) is 0.570. The lowest BCUT2D eigenvalue weighted by atomic mass is 10.1. The molecule has 29 heavy (non-hydrogen) atoms. The molecule has 0 spiro atoms. The zero-order valence-electron chi connectivity index (χ0n) is 17.0. The van der Waals surface area contributed by atoms with Crippen LogP contribution in [0.5, 0.6) is 0 Å². The van der Waals surface area contributed by atoms with Gasteiger partial charge in [0.25, 0.3) is 5.91 Å². The van der Waals surface area contributed by atoms with E-state index < -0.39 is 0 Å².